The molecule has 1 aliphatic heterocycles. The van der Waals surface area contributed by atoms with Crippen LogP contribution in [0.25, 0.3) is 0 Å². The van der Waals surface area contributed by atoms with Crippen molar-refractivity contribution in [2.75, 3.05) is 10.6 Å². The lowest BCUT2D eigenvalue weighted by atomic mass is 9.88. The van der Waals surface area contributed by atoms with Crippen molar-refractivity contribution in [3.05, 3.63) is 94.5 Å². The van der Waals surface area contributed by atoms with Gasteiger partial charge in [0, 0.05) is 21.8 Å². The van der Waals surface area contributed by atoms with Crippen molar-refractivity contribution >= 4 is 34.7 Å². The Balaban J connectivity index is 1.71. The Morgan fingerprint density at radius 2 is 1.72 bits per heavy atom. The number of fused-ring (bicyclic) bond motifs is 1. The van der Waals surface area contributed by atoms with Crippen LogP contribution in [0.1, 0.15) is 27.9 Å². The van der Waals surface area contributed by atoms with E-state index in [1.807, 2.05) is 30.3 Å². The first kappa shape index (κ1) is 19.2. The van der Waals surface area contributed by atoms with Crippen LogP contribution in [0.4, 0.5) is 11.4 Å². The Bertz CT molecular complexity index is 1080. The molecule has 29 heavy (non-hydrogen) atoms. The number of anilines is 2. The first-order valence-corrected chi connectivity index (χ1v) is 9.53. The number of nitrogens with two attached hydrogens (primary N) is 1. The summed E-state index contributed by atoms with van der Waals surface area (Å²) in [6.07, 6.45) is -0.381. The summed E-state index contributed by atoms with van der Waals surface area (Å²) in [5.41, 5.74) is 6.41. The van der Waals surface area contributed by atoms with Crippen molar-refractivity contribution in [1.29, 1.82) is 0 Å². The highest BCUT2D eigenvalue weighted by atomic mass is 35.5. The van der Waals surface area contributed by atoms with Gasteiger partial charge >= 0.3 is 0 Å². The van der Waals surface area contributed by atoms with Gasteiger partial charge in [0.05, 0.1) is 18.7 Å². The highest BCUT2D eigenvalue weighted by Gasteiger charge is 2.51. The third kappa shape index (κ3) is 3.50. The summed E-state index contributed by atoms with van der Waals surface area (Å²) in [5, 5.41) is 11.8. The van der Waals surface area contributed by atoms with E-state index in [2.05, 4.69) is 0 Å². The maximum atomic E-state index is 13.3. The van der Waals surface area contributed by atoms with E-state index < -0.39 is 11.5 Å². The molecule has 0 spiro atoms. The zero-order valence-corrected chi connectivity index (χ0v) is 16.3. The number of nitrogens with zero attached hydrogens (tertiary/aromatic N) is 1. The standard InChI is InChI=1S/C23H19ClN2O3/c24-17-8-11-20-19(12-17)23(29,13-21(27)16-6-9-18(25)10-7-16)22(28)26(20)14-15-4-2-1-3-5-15/h1-12,29H,13-14,25H2. The zero-order chi connectivity index (χ0) is 20.6. The van der Waals surface area contributed by atoms with E-state index in [1.165, 1.54) is 4.90 Å². The second kappa shape index (κ2) is 7.35. The van der Waals surface area contributed by atoms with E-state index in [-0.39, 0.29) is 18.7 Å². The Morgan fingerprint density at radius 3 is 2.41 bits per heavy atom. The number of carbonyl (C=O) groups is 2. The van der Waals surface area contributed by atoms with Crippen LogP contribution in [0.15, 0.2) is 72.8 Å². The number of carbonyl (C=O) groups excluding carboxylic acids is 2. The van der Waals surface area contributed by atoms with Crippen molar-refractivity contribution in [1.82, 2.24) is 0 Å². The van der Waals surface area contributed by atoms with Gasteiger partial charge in [-0.1, -0.05) is 41.9 Å². The van der Waals surface area contributed by atoms with Crippen LogP contribution < -0.4 is 10.6 Å². The molecule has 1 atom stereocenters. The van der Waals surface area contributed by atoms with E-state index in [4.69, 9.17) is 17.3 Å². The molecule has 0 bridgehead atoms. The molecule has 0 aliphatic carbocycles. The SMILES string of the molecule is Nc1ccc(C(=O)CC2(O)C(=O)N(Cc3ccccc3)c3ccc(Cl)cc32)cc1. The highest BCUT2D eigenvalue weighted by molar-refractivity contribution is 6.31. The first-order valence-electron chi connectivity index (χ1n) is 9.15. The van der Waals surface area contributed by atoms with Crippen LogP contribution in [0.3, 0.4) is 0 Å². The number of hydrogen-bond donors (Lipinski definition) is 2. The number of Topliss-reactive ketones (excluding diaryl/α,β-unsaturated/α-hetero) is 1. The maximum Gasteiger partial charge on any atom is 0.264 e. The summed E-state index contributed by atoms with van der Waals surface area (Å²) in [4.78, 5) is 27.6. The second-order valence-electron chi connectivity index (χ2n) is 7.12. The van der Waals surface area contributed by atoms with Crippen molar-refractivity contribution in [2.24, 2.45) is 0 Å². The molecule has 4 rings (SSSR count). The first-order chi connectivity index (χ1) is 13.9. The normalized spacial score (nSPS) is 18.0. The van der Waals surface area contributed by atoms with Crippen LogP contribution >= 0.6 is 11.6 Å². The molecular weight excluding hydrogens is 388 g/mol. The molecule has 0 aromatic heterocycles. The van der Waals surface area contributed by atoms with Crippen LogP contribution in [0.5, 0.6) is 0 Å². The molecule has 6 heteroatoms. The van der Waals surface area contributed by atoms with E-state index >= 15 is 0 Å². The summed E-state index contributed by atoms with van der Waals surface area (Å²) in [5.74, 6) is -0.893. The van der Waals surface area contributed by atoms with E-state index in [0.717, 1.165) is 5.56 Å². The highest BCUT2D eigenvalue weighted by Crippen LogP contribution is 2.44. The average Bonchev–Trinajstić information content (AvgIpc) is 2.91. The van der Waals surface area contributed by atoms with Gasteiger partial charge in [0.2, 0.25) is 0 Å². The smallest absolute Gasteiger partial charge is 0.264 e. The minimum atomic E-state index is -1.98. The molecule has 1 aliphatic rings. The quantitative estimate of drug-likeness (QED) is 0.496. The van der Waals surface area contributed by atoms with Gasteiger partial charge in [-0.2, -0.15) is 0 Å². The molecule has 0 radical (unpaired) electrons. The predicted octanol–water partition coefficient (Wildman–Crippen LogP) is 3.93. The molecule has 1 heterocycles. The van der Waals surface area contributed by atoms with Gasteiger partial charge in [-0.3, -0.25) is 9.59 Å². The fourth-order valence-electron chi connectivity index (χ4n) is 3.62. The fourth-order valence-corrected chi connectivity index (χ4v) is 3.79. The molecule has 1 amide bonds. The third-order valence-corrected chi connectivity index (χ3v) is 5.36. The lowest BCUT2D eigenvalue weighted by Gasteiger charge is -2.23. The summed E-state index contributed by atoms with van der Waals surface area (Å²) >= 11 is 6.14. The van der Waals surface area contributed by atoms with Crippen molar-refractivity contribution in [3.63, 3.8) is 0 Å². The van der Waals surface area contributed by atoms with E-state index in [9.17, 15) is 14.7 Å². The van der Waals surface area contributed by atoms with Crippen molar-refractivity contribution in [3.8, 4) is 0 Å². The van der Waals surface area contributed by atoms with Gasteiger partial charge in [-0.25, -0.2) is 0 Å². The molecule has 0 saturated heterocycles. The lowest BCUT2D eigenvalue weighted by Crippen LogP contribution is -2.41. The lowest BCUT2D eigenvalue weighted by molar-refractivity contribution is -0.136. The number of ketones is 1. The topological polar surface area (TPSA) is 83.6 Å². The van der Waals surface area contributed by atoms with Gasteiger partial charge in [-0.05, 0) is 48.0 Å². The summed E-state index contributed by atoms with van der Waals surface area (Å²) in [7, 11) is 0. The van der Waals surface area contributed by atoms with Gasteiger partial charge in [0.1, 0.15) is 0 Å². The third-order valence-electron chi connectivity index (χ3n) is 5.13. The van der Waals surface area contributed by atoms with Gasteiger partial charge in [0.25, 0.3) is 5.91 Å². The molecule has 1 unspecified atom stereocenters. The molecule has 146 valence electrons. The van der Waals surface area contributed by atoms with Crippen LogP contribution in [0.2, 0.25) is 5.02 Å². The molecule has 3 aromatic carbocycles. The molecule has 5 nitrogen and oxygen atoms in total. The Morgan fingerprint density at radius 1 is 1.03 bits per heavy atom. The summed E-state index contributed by atoms with van der Waals surface area (Å²) in [6.45, 7) is 0.284. The number of hydrogen-bond acceptors (Lipinski definition) is 4. The minimum Gasteiger partial charge on any atom is -0.399 e. The van der Waals surface area contributed by atoms with Gasteiger partial charge < -0.3 is 15.7 Å². The minimum absolute atomic E-state index is 0.284. The van der Waals surface area contributed by atoms with Crippen LogP contribution in [-0.4, -0.2) is 16.8 Å². The number of rotatable bonds is 5. The summed E-state index contributed by atoms with van der Waals surface area (Å²) in [6, 6.07) is 20.8. The molecule has 3 N–H and O–H groups in total. The molecule has 0 fully saturated rings. The largest absolute Gasteiger partial charge is 0.399 e. The fraction of sp³-hybridized carbons (Fsp3) is 0.130. The molecular formula is C23H19ClN2O3. The Kier molecular flexibility index (Phi) is 4.86. The Labute approximate surface area is 173 Å². The Hall–Kier alpha value is -3.15. The van der Waals surface area contributed by atoms with Gasteiger partial charge in [0.15, 0.2) is 11.4 Å². The average molecular weight is 407 g/mol. The number of amides is 1. The molecule has 3 aromatic rings. The van der Waals surface area contributed by atoms with E-state index in [0.29, 0.717) is 27.5 Å². The molecule has 0 saturated carbocycles. The van der Waals surface area contributed by atoms with Crippen LogP contribution in [0, 0.1) is 0 Å². The predicted molar refractivity (Wildman–Crippen MR) is 113 cm³/mol. The van der Waals surface area contributed by atoms with Crippen molar-refractivity contribution < 1.29 is 14.7 Å². The number of nitrogen functional groups attached to an aromatic ring is 1. The number of aliphatic hydroxyl groups is 1. The zero-order valence-electron chi connectivity index (χ0n) is 15.5. The van der Waals surface area contributed by atoms with Crippen LogP contribution in [-0.2, 0) is 16.9 Å². The number of benzene rings is 3. The maximum absolute atomic E-state index is 13.3. The summed E-state index contributed by atoms with van der Waals surface area (Å²) < 4.78 is 0. The second-order valence-corrected chi connectivity index (χ2v) is 7.56. The van der Waals surface area contributed by atoms with Crippen molar-refractivity contribution in [2.45, 2.75) is 18.6 Å². The number of halogens is 1. The monoisotopic (exact) mass is 406 g/mol. The van der Waals surface area contributed by atoms with Gasteiger partial charge in [-0.15, -0.1) is 0 Å². The van der Waals surface area contributed by atoms with E-state index in [1.54, 1.807) is 42.5 Å².